The number of ether oxygens (including phenoxy) is 3. The highest BCUT2D eigenvalue weighted by molar-refractivity contribution is 5.75. The maximum atomic E-state index is 6.39. The number of fused-ring (bicyclic) bond motifs is 4. The summed E-state index contributed by atoms with van der Waals surface area (Å²) in [5, 5.41) is 0. The number of hydrogen-bond donors (Lipinski definition) is 1. The molecule has 1 fully saturated rings. The Balaban J connectivity index is 1.64. The van der Waals surface area contributed by atoms with Crippen molar-refractivity contribution in [2.75, 3.05) is 13.7 Å². The molecule has 27 heavy (non-hydrogen) atoms. The van der Waals surface area contributed by atoms with Gasteiger partial charge < -0.3 is 19.9 Å². The number of amidine groups is 1. The van der Waals surface area contributed by atoms with E-state index in [1.165, 1.54) is 6.33 Å². The molecule has 1 saturated carbocycles. The Morgan fingerprint density at radius 2 is 2.04 bits per heavy atom. The van der Waals surface area contributed by atoms with Crippen LogP contribution in [0.5, 0.6) is 5.75 Å². The minimum absolute atomic E-state index is 0.0908. The monoisotopic (exact) mass is 366 g/mol. The van der Waals surface area contributed by atoms with Crippen molar-refractivity contribution in [1.82, 2.24) is 9.97 Å². The average Bonchev–Trinajstić information content (AvgIpc) is 3.11. The molecule has 2 unspecified atom stereocenters. The van der Waals surface area contributed by atoms with Gasteiger partial charge in [0.15, 0.2) is 0 Å². The predicted molar refractivity (Wildman–Crippen MR) is 99.3 cm³/mol. The standard InChI is InChI=1S/C20H22N4O3/c1-25-14-3-5-18-16(7-14)20(10-26-19(21)24-20)15-6-12(2-4-17(15)27-18)13-8-22-11-23-9-13/h2,4,6,8-9,11,14,16,18H,3,5,7,10H2,1H3,(H2,21,24)/t14-,16+,18?,20?/m1/s1. The second-order valence-corrected chi connectivity index (χ2v) is 7.43. The smallest absolute Gasteiger partial charge is 0.283 e. The van der Waals surface area contributed by atoms with Gasteiger partial charge in [0.2, 0.25) is 0 Å². The summed E-state index contributed by atoms with van der Waals surface area (Å²) in [7, 11) is 1.77. The van der Waals surface area contributed by atoms with Crippen LogP contribution in [0, 0.1) is 5.92 Å². The predicted octanol–water partition coefficient (Wildman–Crippen LogP) is 2.26. The summed E-state index contributed by atoms with van der Waals surface area (Å²) in [6.07, 6.45) is 8.23. The Morgan fingerprint density at radius 1 is 1.19 bits per heavy atom. The number of benzene rings is 1. The van der Waals surface area contributed by atoms with Gasteiger partial charge in [-0.05, 0) is 37.0 Å². The second-order valence-electron chi connectivity index (χ2n) is 7.43. The number of nitrogens with zero attached hydrogens (tertiary/aromatic N) is 3. The van der Waals surface area contributed by atoms with Crippen molar-refractivity contribution in [3.8, 4) is 16.9 Å². The molecule has 0 bridgehead atoms. The van der Waals surface area contributed by atoms with Crippen molar-refractivity contribution in [3.63, 3.8) is 0 Å². The van der Waals surface area contributed by atoms with E-state index in [0.717, 1.165) is 41.7 Å². The number of hydrogen-bond acceptors (Lipinski definition) is 7. The Labute approximate surface area is 157 Å². The maximum Gasteiger partial charge on any atom is 0.283 e. The highest BCUT2D eigenvalue weighted by atomic mass is 16.5. The van der Waals surface area contributed by atoms with Gasteiger partial charge in [-0.3, -0.25) is 0 Å². The molecule has 1 aromatic heterocycles. The van der Waals surface area contributed by atoms with Crippen LogP contribution in [0.1, 0.15) is 24.8 Å². The summed E-state index contributed by atoms with van der Waals surface area (Å²) in [6.45, 7) is 0.432. The van der Waals surface area contributed by atoms with Crippen LogP contribution in [-0.4, -0.2) is 41.9 Å². The van der Waals surface area contributed by atoms with E-state index in [0.29, 0.717) is 6.61 Å². The van der Waals surface area contributed by atoms with E-state index < -0.39 is 5.54 Å². The molecule has 3 heterocycles. The molecular formula is C20H22N4O3. The van der Waals surface area contributed by atoms with Crippen LogP contribution in [0.15, 0.2) is 41.9 Å². The molecule has 0 radical (unpaired) electrons. The zero-order chi connectivity index (χ0) is 18.4. The van der Waals surface area contributed by atoms with Crippen LogP contribution in [-0.2, 0) is 15.0 Å². The van der Waals surface area contributed by atoms with Crippen LogP contribution in [0.25, 0.3) is 11.1 Å². The van der Waals surface area contributed by atoms with Gasteiger partial charge in [0.25, 0.3) is 6.02 Å². The molecule has 2 aliphatic heterocycles. The van der Waals surface area contributed by atoms with Crippen LogP contribution in [0.3, 0.4) is 0 Å². The van der Waals surface area contributed by atoms with Crippen molar-refractivity contribution < 1.29 is 14.2 Å². The average molecular weight is 366 g/mol. The maximum absolute atomic E-state index is 6.39. The van der Waals surface area contributed by atoms with E-state index in [2.05, 4.69) is 16.0 Å². The topological polar surface area (TPSA) is 91.8 Å². The molecule has 1 aromatic carbocycles. The first kappa shape index (κ1) is 16.5. The Kier molecular flexibility index (Phi) is 3.79. The molecule has 7 heteroatoms. The van der Waals surface area contributed by atoms with Gasteiger partial charge in [0.1, 0.15) is 30.3 Å². The third-order valence-corrected chi connectivity index (χ3v) is 6.05. The Morgan fingerprint density at radius 3 is 2.78 bits per heavy atom. The first-order chi connectivity index (χ1) is 13.2. The SMILES string of the molecule is CO[C@@H]1CCC2Oc3ccc(-c4cncnc4)cc3C3(COC(N)=N3)[C@H]2C1. The van der Waals surface area contributed by atoms with Gasteiger partial charge in [0.05, 0.1) is 6.10 Å². The number of nitrogens with two attached hydrogens (primary N) is 1. The van der Waals surface area contributed by atoms with E-state index in [1.54, 1.807) is 19.5 Å². The Bertz CT molecular complexity index is 888. The lowest BCUT2D eigenvalue weighted by Gasteiger charge is -2.47. The largest absolute Gasteiger partial charge is 0.490 e. The molecule has 140 valence electrons. The van der Waals surface area contributed by atoms with Gasteiger partial charge in [-0.15, -0.1) is 0 Å². The van der Waals surface area contributed by atoms with E-state index in [-0.39, 0.29) is 24.1 Å². The number of aromatic nitrogens is 2. The first-order valence-electron chi connectivity index (χ1n) is 9.27. The molecule has 2 N–H and O–H groups in total. The molecule has 3 aliphatic rings. The Hall–Kier alpha value is -2.67. The molecule has 0 saturated heterocycles. The third kappa shape index (κ3) is 2.56. The molecule has 0 amide bonds. The van der Waals surface area contributed by atoms with Crippen molar-refractivity contribution in [2.24, 2.45) is 16.6 Å². The summed E-state index contributed by atoms with van der Waals surface area (Å²) in [4.78, 5) is 13.1. The fourth-order valence-corrected chi connectivity index (χ4v) is 4.70. The summed E-state index contributed by atoms with van der Waals surface area (Å²) in [6, 6.07) is 6.42. The van der Waals surface area contributed by atoms with Gasteiger partial charge in [-0.1, -0.05) is 6.07 Å². The summed E-state index contributed by atoms with van der Waals surface area (Å²) in [5.41, 5.74) is 8.43. The lowest BCUT2D eigenvalue weighted by atomic mass is 9.67. The molecule has 1 aliphatic carbocycles. The quantitative estimate of drug-likeness (QED) is 0.876. The minimum atomic E-state index is -0.537. The number of rotatable bonds is 2. The fraction of sp³-hybridized carbons (Fsp3) is 0.450. The van der Waals surface area contributed by atoms with Crippen molar-refractivity contribution in [3.05, 3.63) is 42.5 Å². The number of aliphatic imine (C=N–C) groups is 1. The number of methoxy groups -OCH3 is 1. The summed E-state index contributed by atoms with van der Waals surface area (Å²) >= 11 is 0. The van der Waals surface area contributed by atoms with Gasteiger partial charge >= 0.3 is 0 Å². The van der Waals surface area contributed by atoms with Gasteiger partial charge in [-0.2, -0.15) is 0 Å². The van der Waals surface area contributed by atoms with Gasteiger partial charge in [0, 0.05) is 36.5 Å². The van der Waals surface area contributed by atoms with Crippen LogP contribution >= 0.6 is 0 Å². The fourth-order valence-electron chi connectivity index (χ4n) is 4.70. The minimum Gasteiger partial charge on any atom is -0.490 e. The highest BCUT2D eigenvalue weighted by Crippen LogP contribution is 2.53. The van der Waals surface area contributed by atoms with E-state index in [1.807, 2.05) is 12.1 Å². The molecule has 2 aromatic rings. The zero-order valence-electron chi connectivity index (χ0n) is 15.2. The normalized spacial score (nSPS) is 31.4. The van der Waals surface area contributed by atoms with Crippen LogP contribution in [0.4, 0.5) is 0 Å². The van der Waals surface area contributed by atoms with Crippen molar-refractivity contribution >= 4 is 6.02 Å². The van der Waals surface area contributed by atoms with Crippen molar-refractivity contribution in [2.45, 2.75) is 37.0 Å². The lowest BCUT2D eigenvalue weighted by Crippen LogP contribution is -2.52. The second kappa shape index (κ2) is 6.20. The first-order valence-corrected chi connectivity index (χ1v) is 9.27. The van der Waals surface area contributed by atoms with E-state index in [4.69, 9.17) is 24.9 Å². The highest BCUT2D eigenvalue weighted by Gasteiger charge is 2.55. The third-order valence-electron chi connectivity index (χ3n) is 6.05. The van der Waals surface area contributed by atoms with Crippen LogP contribution in [0.2, 0.25) is 0 Å². The molecule has 4 atom stereocenters. The van der Waals surface area contributed by atoms with E-state index >= 15 is 0 Å². The molecular weight excluding hydrogens is 344 g/mol. The molecule has 1 spiro atoms. The van der Waals surface area contributed by atoms with Crippen LogP contribution < -0.4 is 10.5 Å². The van der Waals surface area contributed by atoms with E-state index in [9.17, 15) is 0 Å². The molecule has 5 rings (SSSR count). The van der Waals surface area contributed by atoms with Crippen molar-refractivity contribution in [1.29, 1.82) is 0 Å². The van der Waals surface area contributed by atoms with Gasteiger partial charge in [-0.25, -0.2) is 15.0 Å². The molecule has 7 nitrogen and oxygen atoms in total. The lowest BCUT2D eigenvalue weighted by molar-refractivity contribution is -0.0490. The summed E-state index contributed by atoms with van der Waals surface area (Å²) in [5.74, 6) is 1.02. The summed E-state index contributed by atoms with van der Waals surface area (Å²) < 4.78 is 17.7. The zero-order valence-corrected chi connectivity index (χ0v) is 15.2.